The number of hydrogen-bond acceptors (Lipinski definition) is 4. The molecule has 0 spiro atoms. The minimum absolute atomic E-state index is 0.0408. The molecule has 0 aliphatic carbocycles. The van der Waals surface area contributed by atoms with Gasteiger partial charge in [-0.25, -0.2) is 4.79 Å². The minimum atomic E-state index is -0.740. The molecule has 0 bridgehead atoms. The lowest BCUT2D eigenvalue weighted by Gasteiger charge is -2.24. The topological polar surface area (TPSA) is 89.9 Å². The molecule has 19 heavy (non-hydrogen) atoms. The van der Waals surface area contributed by atoms with Crippen molar-refractivity contribution in [3.63, 3.8) is 0 Å². The molecule has 2 heterocycles. The predicted molar refractivity (Wildman–Crippen MR) is 66.2 cm³/mol. The molecule has 2 rings (SSSR count). The van der Waals surface area contributed by atoms with Gasteiger partial charge in [0.1, 0.15) is 6.54 Å². The Balaban J connectivity index is 1.93. The highest BCUT2D eigenvalue weighted by atomic mass is 16.3. The second-order valence-electron chi connectivity index (χ2n) is 5.37. The third-order valence-electron chi connectivity index (χ3n) is 3.65. The van der Waals surface area contributed by atoms with Crippen molar-refractivity contribution < 1.29 is 19.5 Å². The Labute approximate surface area is 111 Å². The summed E-state index contributed by atoms with van der Waals surface area (Å²) in [5, 5.41) is 12.3. The lowest BCUT2D eigenvalue weighted by atomic mass is 9.98. The van der Waals surface area contributed by atoms with Crippen LogP contribution in [-0.2, 0) is 9.59 Å². The van der Waals surface area contributed by atoms with E-state index in [-0.39, 0.29) is 24.9 Å². The van der Waals surface area contributed by atoms with E-state index in [1.54, 1.807) is 11.8 Å². The highest BCUT2D eigenvalue weighted by Crippen LogP contribution is 2.21. The summed E-state index contributed by atoms with van der Waals surface area (Å²) >= 11 is 0. The molecular weight excluding hydrogens is 250 g/mol. The molecule has 2 N–H and O–H groups in total. The number of rotatable bonds is 2. The zero-order valence-corrected chi connectivity index (χ0v) is 11.0. The monoisotopic (exact) mass is 269 g/mol. The first kappa shape index (κ1) is 13.8. The number of nitrogens with zero attached hydrogens (tertiary/aromatic N) is 2. The lowest BCUT2D eigenvalue weighted by molar-refractivity contribution is -0.136. The summed E-state index contributed by atoms with van der Waals surface area (Å²) in [5.41, 5.74) is -0.740. The standard InChI is InChI=1S/C12H19N3O4/c1-12(19)3-2-5-14(6-4-12)10(17)8-15-9(16)7-13-11(15)18/h19H,2-8H2,1H3,(H,13,18). The molecule has 2 saturated heterocycles. The number of carbonyl (C=O) groups is 3. The summed E-state index contributed by atoms with van der Waals surface area (Å²) in [6.45, 7) is 2.51. The summed E-state index contributed by atoms with van der Waals surface area (Å²) in [6.07, 6.45) is 1.89. The van der Waals surface area contributed by atoms with Crippen LogP contribution in [0.1, 0.15) is 26.2 Å². The zero-order chi connectivity index (χ0) is 14.0. The maximum atomic E-state index is 12.1. The molecule has 2 fully saturated rings. The van der Waals surface area contributed by atoms with E-state index < -0.39 is 11.6 Å². The van der Waals surface area contributed by atoms with Crippen LogP contribution in [0.5, 0.6) is 0 Å². The number of imide groups is 1. The number of likely N-dealkylation sites (tertiary alicyclic amines) is 1. The molecule has 7 nitrogen and oxygen atoms in total. The maximum absolute atomic E-state index is 12.1. The van der Waals surface area contributed by atoms with Crippen molar-refractivity contribution >= 4 is 17.8 Å². The van der Waals surface area contributed by atoms with Gasteiger partial charge in [-0.15, -0.1) is 0 Å². The summed E-state index contributed by atoms with van der Waals surface area (Å²) in [4.78, 5) is 37.4. The van der Waals surface area contributed by atoms with E-state index in [0.717, 1.165) is 11.3 Å². The van der Waals surface area contributed by atoms with Crippen LogP contribution < -0.4 is 5.32 Å². The van der Waals surface area contributed by atoms with Gasteiger partial charge in [0, 0.05) is 13.1 Å². The first-order valence-corrected chi connectivity index (χ1v) is 6.47. The van der Waals surface area contributed by atoms with Gasteiger partial charge in [-0.3, -0.25) is 14.5 Å². The average Bonchev–Trinajstić information content (AvgIpc) is 2.55. The first-order chi connectivity index (χ1) is 8.89. The largest absolute Gasteiger partial charge is 0.390 e. The molecule has 1 atom stereocenters. The normalized spacial score (nSPS) is 28.3. The molecule has 7 heteroatoms. The van der Waals surface area contributed by atoms with Crippen molar-refractivity contribution in [1.82, 2.24) is 15.1 Å². The van der Waals surface area contributed by atoms with E-state index in [1.165, 1.54) is 0 Å². The van der Waals surface area contributed by atoms with Gasteiger partial charge < -0.3 is 15.3 Å². The van der Waals surface area contributed by atoms with E-state index in [4.69, 9.17) is 0 Å². The fourth-order valence-electron chi connectivity index (χ4n) is 2.36. The number of hydrogen-bond donors (Lipinski definition) is 2. The molecule has 0 aromatic rings. The van der Waals surface area contributed by atoms with E-state index in [1.807, 2.05) is 0 Å². The third-order valence-corrected chi connectivity index (χ3v) is 3.65. The second-order valence-corrected chi connectivity index (χ2v) is 5.37. The molecule has 2 aliphatic rings. The van der Waals surface area contributed by atoms with Crippen molar-refractivity contribution in [3.05, 3.63) is 0 Å². The third kappa shape index (κ3) is 3.23. The molecule has 0 radical (unpaired) electrons. The Morgan fingerprint density at radius 2 is 2.11 bits per heavy atom. The zero-order valence-electron chi connectivity index (χ0n) is 11.0. The van der Waals surface area contributed by atoms with Crippen LogP contribution in [0.25, 0.3) is 0 Å². The van der Waals surface area contributed by atoms with Gasteiger partial charge in [0.05, 0.1) is 12.1 Å². The minimum Gasteiger partial charge on any atom is -0.390 e. The van der Waals surface area contributed by atoms with Gasteiger partial charge in [-0.05, 0) is 26.2 Å². The number of amides is 4. The molecule has 2 aliphatic heterocycles. The van der Waals surface area contributed by atoms with Crippen molar-refractivity contribution in [3.8, 4) is 0 Å². The van der Waals surface area contributed by atoms with E-state index in [9.17, 15) is 19.5 Å². The maximum Gasteiger partial charge on any atom is 0.325 e. The van der Waals surface area contributed by atoms with Crippen LogP contribution in [0.3, 0.4) is 0 Å². The number of nitrogens with one attached hydrogen (secondary N) is 1. The molecular formula is C12H19N3O4. The quantitative estimate of drug-likeness (QED) is 0.649. The molecule has 0 aromatic heterocycles. The Morgan fingerprint density at radius 1 is 1.37 bits per heavy atom. The van der Waals surface area contributed by atoms with E-state index in [0.29, 0.717) is 25.9 Å². The Kier molecular flexibility index (Phi) is 3.75. The van der Waals surface area contributed by atoms with Gasteiger partial charge in [-0.1, -0.05) is 0 Å². The Morgan fingerprint density at radius 3 is 2.74 bits per heavy atom. The number of aliphatic hydroxyl groups is 1. The molecule has 0 saturated carbocycles. The fourth-order valence-corrected chi connectivity index (χ4v) is 2.36. The van der Waals surface area contributed by atoms with E-state index >= 15 is 0 Å². The van der Waals surface area contributed by atoms with Crippen LogP contribution in [-0.4, -0.2) is 64.5 Å². The predicted octanol–water partition coefficient (Wildman–Crippen LogP) is -0.698. The molecule has 106 valence electrons. The van der Waals surface area contributed by atoms with Crippen molar-refractivity contribution in [1.29, 1.82) is 0 Å². The number of carbonyl (C=O) groups excluding carboxylic acids is 3. The highest BCUT2D eigenvalue weighted by Gasteiger charge is 2.33. The molecule has 0 aromatic carbocycles. The molecule has 1 unspecified atom stereocenters. The van der Waals surface area contributed by atoms with Crippen LogP contribution in [0.2, 0.25) is 0 Å². The van der Waals surface area contributed by atoms with Gasteiger partial charge in [0.25, 0.3) is 5.91 Å². The molecule has 4 amide bonds. The first-order valence-electron chi connectivity index (χ1n) is 6.47. The Hall–Kier alpha value is -1.63. The summed E-state index contributed by atoms with van der Waals surface area (Å²) in [6, 6.07) is -0.514. The lowest BCUT2D eigenvalue weighted by Crippen LogP contribution is -2.43. The number of urea groups is 1. The van der Waals surface area contributed by atoms with Crippen molar-refractivity contribution in [2.45, 2.75) is 31.8 Å². The highest BCUT2D eigenvalue weighted by molar-refractivity contribution is 6.04. The fraction of sp³-hybridized carbons (Fsp3) is 0.750. The SMILES string of the molecule is CC1(O)CCCN(C(=O)CN2C(=O)CNC2=O)CC1. The summed E-state index contributed by atoms with van der Waals surface area (Å²) in [7, 11) is 0. The van der Waals surface area contributed by atoms with Crippen LogP contribution in [0, 0.1) is 0 Å². The van der Waals surface area contributed by atoms with Gasteiger partial charge in [-0.2, -0.15) is 0 Å². The second kappa shape index (κ2) is 5.16. The summed E-state index contributed by atoms with van der Waals surface area (Å²) < 4.78 is 0. The van der Waals surface area contributed by atoms with Crippen LogP contribution >= 0.6 is 0 Å². The van der Waals surface area contributed by atoms with Crippen LogP contribution in [0.4, 0.5) is 4.79 Å². The van der Waals surface area contributed by atoms with Gasteiger partial charge in [0.2, 0.25) is 5.91 Å². The smallest absolute Gasteiger partial charge is 0.325 e. The van der Waals surface area contributed by atoms with Crippen molar-refractivity contribution in [2.75, 3.05) is 26.2 Å². The summed E-state index contributed by atoms with van der Waals surface area (Å²) in [5.74, 6) is -0.622. The van der Waals surface area contributed by atoms with Gasteiger partial charge in [0.15, 0.2) is 0 Å². The van der Waals surface area contributed by atoms with Crippen molar-refractivity contribution in [2.24, 2.45) is 0 Å². The van der Waals surface area contributed by atoms with Gasteiger partial charge >= 0.3 is 6.03 Å². The Bertz CT molecular complexity index is 392. The average molecular weight is 269 g/mol. The van der Waals surface area contributed by atoms with Crippen LogP contribution in [0.15, 0.2) is 0 Å². The van der Waals surface area contributed by atoms with E-state index in [2.05, 4.69) is 5.32 Å².